The summed E-state index contributed by atoms with van der Waals surface area (Å²) in [5.41, 5.74) is 0.450. The van der Waals surface area contributed by atoms with E-state index >= 15 is 0 Å². The van der Waals surface area contributed by atoms with Crippen molar-refractivity contribution in [3.05, 3.63) is 29.8 Å². The fourth-order valence-corrected chi connectivity index (χ4v) is 5.29. The van der Waals surface area contributed by atoms with Crippen LogP contribution in [-0.2, 0) is 10.0 Å². The highest BCUT2D eigenvalue weighted by Crippen LogP contribution is 2.22. The Morgan fingerprint density at radius 3 is 2.44 bits per heavy atom. The number of carbonyl (C=O) groups excluding carboxylic acids is 1. The van der Waals surface area contributed by atoms with E-state index in [1.54, 1.807) is 18.2 Å². The highest BCUT2D eigenvalue weighted by Gasteiger charge is 2.26. The molecule has 152 valence electrons. The zero-order valence-corrected chi connectivity index (χ0v) is 17.4. The molecule has 27 heavy (non-hydrogen) atoms. The third-order valence-corrected chi connectivity index (χ3v) is 6.98. The first-order chi connectivity index (χ1) is 12.5. The fraction of sp³-hybridized carbons (Fsp3) is 0.632. The largest absolute Gasteiger partial charge is 0.339 e. The molecular formula is C19H30ClN3O3S. The summed E-state index contributed by atoms with van der Waals surface area (Å²) in [6.07, 6.45) is 5.87. The van der Waals surface area contributed by atoms with Crippen molar-refractivity contribution in [2.45, 2.75) is 49.5 Å². The molecule has 1 saturated heterocycles. The van der Waals surface area contributed by atoms with Crippen molar-refractivity contribution in [1.29, 1.82) is 0 Å². The average Bonchev–Trinajstić information content (AvgIpc) is 3.14. The average molecular weight is 416 g/mol. The number of sulfonamides is 1. The monoisotopic (exact) mass is 415 g/mol. The predicted octanol–water partition coefficient (Wildman–Crippen LogP) is 2.40. The molecule has 0 bridgehead atoms. The van der Waals surface area contributed by atoms with Gasteiger partial charge in [-0.15, -0.1) is 12.4 Å². The van der Waals surface area contributed by atoms with E-state index in [1.165, 1.54) is 6.07 Å². The fourth-order valence-electron chi connectivity index (χ4n) is 3.94. The maximum absolute atomic E-state index is 12.8. The number of carbonyl (C=O) groups is 1. The first-order valence-electron chi connectivity index (χ1n) is 9.56. The zero-order chi connectivity index (χ0) is 18.6. The lowest BCUT2D eigenvalue weighted by atomic mass is 9.96. The van der Waals surface area contributed by atoms with Crippen LogP contribution in [0.3, 0.4) is 0 Å². The van der Waals surface area contributed by atoms with Gasteiger partial charge in [-0.2, -0.15) is 0 Å². The number of hydrogen-bond donors (Lipinski definition) is 2. The Bertz CT molecular complexity index is 727. The number of nitrogens with zero attached hydrogens (tertiary/aromatic N) is 1. The van der Waals surface area contributed by atoms with Gasteiger partial charge in [-0.1, -0.05) is 18.9 Å². The summed E-state index contributed by atoms with van der Waals surface area (Å²) >= 11 is 0. The summed E-state index contributed by atoms with van der Waals surface area (Å²) in [4.78, 5) is 14.8. The topological polar surface area (TPSA) is 78.5 Å². The molecule has 3 rings (SSSR count). The molecule has 0 atom stereocenters. The second-order valence-corrected chi connectivity index (χ2v) is 9.14. The summed E-state index contributed by atoms with van der Waals surface area (Å²) in [6, 6.07) is 6.46. The van der Waals surface area contributed by atoms with E-state index in [1.807, 2.05) is 11.9 Å². The van der Waals surface area contributed by atoms with Crippen LogP contribution in [0.15, 0.2) is 29.2 Å². The summed E-state index contributed by atoms with van der Waals surface area (Å²) in [7, 11) is -1.63. The lowest BCUT2D eigenvalue weighted by molar-refractivity contribution is 0.0690. The van der Waals surface area contributed by atoms with Crippen LogP contribution in [0.5, 0.6) is 0 Å². The SMILES string of the molecule is CNCC1CCN(C(=O)c2cccc(S(=O)(=O)NC3CCCC3)c2)CC1.Cl. The van der Waals surface area contributed by atoms with Crippen LogP contribution < -0.4 is 10.0 Å². The molecule has 2 N–H and O–H groups in total. The molecule has 0 radical (unpaired) electrons. The van der Waals surface area contributed by atoms with Crippen LogP contribution in [-0.4, -0.2) is 51.9 Å². The predicted molar refractivity (Wildman–Crippen MR) is 109 cm³/mol. The molecule has 1 heterocycles. The van der Waals surface area contributed by atoms with Crippen LogP contribution in [0, 0.1) is 5.92 Å². The van der Waals surface area contributed by atoms with E-state index in [4.69, 9.17) is 0 Å². The van der Waals surface area contributed by atoms with Crippen LogP contribution in [0.2, 0.25) is 0 Å². The van der Waals surface area contributed by atoms with Gasteiger partial charge in [0.1, 0.15) is 0 Å². The lowest BCUT2D eigenvalue weighted by Crippen LogP contribution is -2.40. The van der Waals surface area contributed by atoms with E-state index in [0.717, 1.165) is 58.2 Å². The van der Waals surface area contributed by atoms with E-state index in [2.05, 4.69) is 10.0 Å². The minimum Gasteiger partial charge on any atom is -0.339 e. The van der Waals surface area contributed by atoms with Crippen LogP contribution in [0.4, 0.5) is 0 Å². The Hall–Kier alpha value is -1.15. The van der Waals surface area contributed by atoms with Gasteiger partial charge in [0.25, 0.3) is 5.91 Å². The normalized spacial score (nSPS) is 19.1. The Morgan fingerprint density at radius 2 is 1.81 bits per heavy atom. The Kier molecular flexibility index (Phi) is 8.09. The molecule has 1 aliphatic carbocycles. The van der Waals surface area contributed by atoms with Crippen molar-refractivity contribution >= 4 is 28.3 Å². The molecule has 1 aliphatic heterocycles. The van der Waals surface area contributed by atoms with Gasteiger partial charge in [0.15, 0.2) is 0 Å². The van der Waals surface area contributed by atoms with Gasteiger partial charge < -0.3 is 10.2 Å². The zero-order valence-electron chi connectivity index (χ0n) is 15.8. The second kappa shape index (κ2) is 9.87. The summed E-state index contributed by atoms with van der Waals surface area (Å²) in [6.45, 7) is 2.42. The molecule has 1 aromatic rings. The van der Waals surface area contributed by atoms with Crippen molar-refractivity contribution in [3.8, 4) is 0 Å². The quantitative estimate of drug-likeness (QED) is 0.747. The van der Waals surface area contributed by atoms with Gasteiger partial charge in [-0.05, 0) is 63.4 Å². The van der Waals surface area contributed by atoms with E-state index in [0.29, 0.717) is 11.5 Å². The van der Waals surface area contributed by atoms with Crippen LogP contribution in [0.25, 0.3) is 0 Å². The number of likely N-dealkylation sites (tertiary alicyclic amines) is 1. The van der Waals surface area contributed by atoms with E-state index in [-0.39, 0.29) is 29.3 Å². The highest BCUT2D eigenvalue weighted by atomic mass is 35.5. The maximum atomic E-state index is 12.8. The number of piperidine rings is 1. The van der Waals surface area contributed by atoms with Gasteiger partial charge in [0.2, 0.25) is 10.0 Å². The minimum absolute atomic E-state index is 0. The summed E-state index contributed by atoms with van der Waals surface area (Å²) in [5.74, 6) is 0.525. The summed E-state index contributed by atoms with van der Waals surface area (Å²) < 4.78 is 28.0. The molecule has 2 aliphatic rings. The number of amides is 1. The first-order valence-corrected chi connectivity index (χ1v) is 11.0. The molecular weight excluding hydrogens is 386 g/mol. The number of halogens is 1. The van der Waals surface area contributed by atoms with Crippen molar-refractivity contribution in [1.82, 2.24) is 14.9 Å². The molecule has 6 nitrogen and oxygen atoms in total. The standard InChI is InChI=1S/C19H29N3O3S.ClH/c1-20-14-15-9-11-22(12-10-15)19(23)16-5-4-8-18(13-16)26(24,25)21-17-6-2-3-7-17;/h4-5,8,13,15,17,20-21H,2-3,6-7,9-12,14H2,1H3;1H. The first kappa shape index (κ1) is 22.1. The highest BCUT2D eigenvalue weighted by molar-refractivity contribution is 7.89. The lowest BCUT2D eigenvalue weighted by Gasteiger charge is -2.32. The number of rotatable bonds is 6. The smallest absolute Gasteiger partial charge is 0.253 e. The van der Waals surface area contributed by atoms with Crippen LogP contribution >= 0.6 is 12.4 Å². The number of hydrogen-bond acceptors (Lipinski definition) is 4. The Balaban J connectivity index is 0.00000261. The number of nitrogens with one attached hydrogen (secondary N) is 2. The van der Waals surface area contributed by atoms with E-state index in [9.17, 15) is 13.2 Å². The summed E-state index contributed by atoms with van der Waals surface area (Å²) in [5, 5.41) is 3.19. The van der Waals surface area contributed by atoms with Gasteiger partial charge in [-0.3, -0.25) is 4.79 Å². The molecule has 1 saturated carbocycles. The molecule has 1 amide bonds. The van der Waals surface area contributed by atoms with Crippen molar-refractivity contribution in [2.75, 3.05) is 26.7 Å². The molecule has 0 aromatic heterocycles. The molecule has 1 aromatic carbocycles. The van der Waals surface area contributed by atoms with Crippen LogP contribution in [0.1, 0.15) is 48.9 Å². The second-order valence-electron chi connectivity index (χ2n) is 7.42. The third kappa shape index (κ3) is 5.67. The van der Waals surface area contributed by atoms with Gasteiger partial charge >= 0.3 is 0 Å². The van der Waals surface area contributed by atoms with E-state index < -0.39 is 10.0 Å². The van der Waals surface area contributed by atoms with Gasteiger partial charge in [0.05, 0.1) is 4.90 Å². The van der Waals surface area contributed by atoms with Crippen molar-refractivity contribution in [2.24, 2.45) is 5.92 Å². The Morgan fingerprint density at radius 1 is 1.15 bits per heavy atom. The van der Waals surface area contributed by atoms with Crippen molar-refractivity contribution in [3.63, 3.8) is 0 Å². The molecule has 0 unspecified atom stereocenters. The van der Waals surface area contributed by atoms with Crippen molar-refractivity contribution < 1.29 is 13.2 Å². The molecule has 8 heteroatoms. The third-order valence-electron chi connectivity index (χ3n) is 5.46. The minimum atomic E-state index is -3.58. The molecule has 0 spiro atoms. The maximum Gasteiger partial charge on any atom is 0.253 e. The number of benzene rings is 1. The molecule has 2 fully saturated rings. The van der Waals surface area contributed by atoms with Gasteiger partial charge in [-0.25, -0.2) is 13.1 Å². The Labute approximate surface area is 168 Å². The van der Waals surface area contributed by atoms with Gasteiger partial charge in [0, 0.05) is 24.7 Å².